The molecule has 1 amide bonds. The van der Waals surface area contributed by atoms with Gasteiger partial charge in [-0.2, -0.15) is 0 Å². The highest BCUT2D eigenvalue weighted by atomic mass is 16.1. The second kappa shape index (κ2) is 11.9. The zero-order valence-corrected chi connectivity index (χ0v) is 15.6. The average Bonchev–Trinajstić information content (AvgIpc) is 2.68. The second-order valence-electron chi connectivity index (χ2n) is 6.21. The number of aryl methyl sites for hydroxylation is 1. The highest BCUT2D eigenvalue weighted by molar-refractivity contribution is 5.94. The second-order valence-corrected chi connectivity index (χ2v) is 6.21. The lowest BCUT2D eigenvalue weighted by atomic mass is 10.1. The zero-order chi connectivity index (χ0) is 18.5. The van der Waals surface area contributed by atoms with Crippen molar-refractivity contribution in [1.82, 2.24) is 10.6 Å². The van der Waals surface area contributed by atoms with Crippen LogP contribution in [0.15, 0.2) is 54.6 Å². The van der Waals surface area contributed by atoms with Gasteiger partial charge in [0.05, 0.1) is 6.54 Å². The van der Waals surface area contributed by atoms with E-state index in [2.05, 4.69) is 52.8 Å². The van der Waals surface area contributed by atoms with Crippen molar-refractivity contribution in [3.05, 3.63) is 71.3 Å². The first kappa shape index (κ1) is 19.8. The van der Waals surface area contributed by atoms with Gasteiger partial charge in [0, 0.05) is 17.7 Å². The molecular formula is C23H28N2O. The predicted molar refractivity (Wildman–Crippen MR) is 108 cm³/mol. The summed E-state index contributed by atoms with van der Waals surface area (Å²) >= 11 is 0. The van der Waals surface area contributed by atoms with E-state index in [-0.39, 0.29) is 5.91 Å². The minimum atomic E-state index is -0.0408. The van der Waals surface area contributed by atoms with Gasteiger partial charge in [-0.1, -0.05) is 48.6 Å². The molecule has 0 heterocycles. The van der Waals surface area contributed by atoms with Crippen LogP contribution in [0.3, 0.4) is 0 Å². The van der Waals surface area contributed by atoms with Gasteiger partial charge in [-0.25, -0.2) is 0 Å². The summed E-state index contributed by atoms with van der Waals surface area (Å²) in [5, 5.41) is 6.15. The van der Waals surface area contributed by atoms with Crippen LogP contribution in [0, 0.1) is 11.8 Å². The summed E-state index contributed by atoms with van der Waals surface area (Å²) in [4.78, 5) is 11.7. The minimum absolute atomic E-state index is 0.0408. The maximum absolute atomic E-state index is 11.7. The van der Waals surface area contributed by atoms with Crippen molar-refractivity contribution in [2.75, 3.05) is 19.6 Å². The van der Waals surface area contributed by atoms with Crippen LogP contribution < -0.4 is 10.6 Å². The molecule has 0 saturated carbocycles. The van der Waals surface area contributed by atoms with Gasteiger partial charge in [-0.05, 0) is 62.6 Å². The minimum Gasteiger partial charge on any atom is -0.352 e. The summed E-state index contributed by atoms with van der Waals surface area (Å²) in [6, 6.07) is 18.1. The van der Waals surface area contributed by atoms with Crippen molar-refractivity contribution in [3.8, 4) is 11.8 Å². The van der Waals surface area contributed by atoms with E-state index < -0.39 is 0 Å². The van der Waals surface area contributed by atoms with Gasteiger partial charge in [0.25, 0.3) is 5.91 Å². The maximum Gasteiger partial charge on any atom is 0.251 e. The number of carbonyl (C=O) groups is 1. The van der Waals surface area contributed by atoms with Gasteiger partial charge in [-0.3, -0.25) is 4.79 Å². The van der Waals surface area contributed by atoms with Gasteiger partial charge in [0.1, 0.15) is 0 Å². The van der Waals surface area contributed by atoms with Crippen molar-refractivity contribution >= 4 is 5.91 Å². The first-order valence-electron chi connectivity index (χ1n) is 9.41. The molecule has 136 valence electrons. The molecule has 0 radical (unpaired) electrons. The third-order valence-electron chi connectivity index (χ3n) is 4.09. The molecule has 0 aliphatic heterocycles. The topological polar surface area (TPSA) is 41.1 Å². The fraction of sp³-hybridized carbons (Fsp3) is 0.348. The standard InChI is InChI=1S/C23H28N2O/c1-2-25-23(26)22-16-14-21(15-17-22)13-9-19-24-18-8-4-7-12-20-10-5-3-6-11-20/h3,5-6,10-11,14-17,24H,2,4,7-8,12,18-19H2,1H3,(H,25,26). The lowest BCUT2D eigenvalue weighted by Gasteiger charge is -2.02. The Morgan fingerprint density at radius 3 is 2.46 bits per heavy atom. The van der Waals surface area contributed by atoms with Gasteiger partial charge >= 0.3 is 0 Å². The molecule has 0 bridgehead atoms. The molecular weight excluding hydrogens is 320 g/mol. The molecule has 2 aromatic rings. The Bertz CT molecular complexity index is 711. The summed E-state index contributed by atoms with van der Waals surface area (Å²) in [6.07, 6.45) is 4.80. The number of carbonyl (C=O) groups excluding carboxylic acids is 1. The van der Waals surface area contributed by atoms with Crippen LogP contribution in [0.4, 0.5) is 0 Å². The first-order chi connectivity index (χ1) is 12.8. The Morgan fingerprint density at radius 1 is 0.962 bits per heavy atom. The number of amides is 1. The molecule has 2 N–H and O–H groups in total. The number of benzene rings is 2. The predicted octanol–water partition coefficient (Wildman–Crippen LogP) is 3.79. The van der Waals surface area contributed by atoms with E-state index in [1.165, 1.54) is 24.8 Å². The van der Waals surface area contributed by atoms with E-state index in [4.69, 9.17) is 0 Å². The third kappa shape index (κ3) is 7.55. The Balaban J connectivity index is 1.56. The summed E-state index contributed by atoms with van der Waals surface area (Å²) in [5.74, 6) is 6.21. The maximum atomic E-state index is 11.7. The molecule has 3 heteroatoms. The SMILES string of the molecule is CCNC(=O)c1ccc(C#CCNCCCCCc2ccccc2)cc1. The molecule has 0 atom stereocenters. The van der Waals surface area contributed by atoms with Gasteiger partial charge in [0.15, 0.2) is 0 Å². The molecule has 0 aliphatic rings. The molecule has 3 nitrogen and oxygen atoms in total. The van der Waals surface area contributed by atoms with Gasteiger partial charge in [0.2, 0.25) is 0 Å². The molecule has 2 rings (SSSR count). The van der Waals surface area contributed by atoms with Crippen molar-refractivity contribution in [2.24, 2.45) is 0 Å². The molecule has 0 aliphatic carbocycles. The summed E-state index contributed by atoms with van der Waals surface area (Å²) in [7, 11) is 0. The van der Waals surface area contributed by atoms with Crippen LogP contribution in [0.5, 0.6) is 0 Å². The number of hydrogen-bond acceptors (Lipinski definition) is 2. The summed E-state index contributed by atoms with van der Waals surface area (Å²) < 4.78 is 0. The van der Waals surface area contributed by atoms with Crippen LogP contribution in [0.2, 0.25) is 0 Å². The molecule has 0 unspecified atom stereocenters. The molecule has 2 aromatic carbocycles. The van der Waals surface area contributed by atoms with E-state index in [9.17, 15) is 4.79 Å². The van der Waals surface area contributed by atoms with E-state index in [1.807, 2.05) is 31.2 Å². The molecule has 0 spiro atoms. The Kier molecular flexibility index (Phi) is 9.03. The Labute approximate surface area is 157 Å². The van der Waals surface area contributed by atoms with Crippen molar-refractivity contribution < 1.29 is 4.79 Å². The smallest absolute Gasteiger partial charge is 0.251 e. The highest BCUT2D eigenvalue weighted by Crippen LogP contribution is 2.05. The Hall–Kier alpha value is -2.57. The van der Waals surface area contributed by atoms with Crippen molar-refractivity contribution in [3.63, 3.8) is 0 Å². The lowest BCUT2D eigenvalue weighted by molar-refractivity contribution is 0.0956. The van der Waals surface area contributed by atoms with Crippen LogP contribution in [0.25, 0.3) is 0 Å². The third-order valence-corrected chi connectivity index (χ3v) is 4.09. The van der Waals surface area contributed by atoms with Gasteiger partial charge in [-0.15, -0.1) is 0 Å². The van der Waals surface area contributed by atoms with Crippen molar-refractivity contribution in [2.45, 2.75) is 32.6 Å². The fourth-order valence-corrected chi connectivity index (χ4v) is 2.67. The number of hydrogen-bond donors (Lipinski definition) is 2. The number of rotatable bonds is 9. The molecule has 26 heavy (non-hydrogen) atoms. The van der Waals surface area contributed by atoms with Crippen molar-refractivity contribution in [1.29, 1.82) is 0 Å². The quantitative estimate of drug-likeness (QED) is 0.535. The number of nitrogens with one attached hydrogen (secondary N) is 2. The zero-order valence-electron chi connectivity index (χ0n) is 15.6. The van der Waals surface area contributed by atoms with Crippen LogP contribution in [-0.4, -0.2) is 25.5 Å². The lowest BCUT2D eigenvalue weighted by Crippen LogP contribution is -2.22. The van der Waals surface area contributed by atoms with E-state index in [1.54, 1.807) is 0 Å². The Morgan fingerprint density at radius 2 is 1.73 bits per heavy atom. The van der Waals surface area contributed by atoms with Gasteiger partial charge < -0.3 is 10.6 Å². The number of unbranched alkanes of at least 4 members (excludes halogenated alkanes) is 2. The average molecular weight is 348 g/mol. The monoisotopic (exact) mass is 348 g/mol. The summed E-state index contributed by atoms with van der Waals surface area (Å²) in [5.41, 5.74) is 3.03. The molecule has 0 saturated heterocycles. The fourth-order valence-electron chi connectivity index (χ4n) is 2.67. The van der Waals surface area contributed by atoms with E-state index in [0.717, 1.165) is 18.5 Å². The van der Waals surface area contributed by atoms with Crippen LogP contribution >= 0.6 is 0 Å². The first-order valence-corrected chi connectivity index (χ1v) is 9.41. The normalized spacial score (nSPS) is 10.0. The van der Waals surface area contributed by atoms with E-state index >= 15 is 0 Å². The molecule has 0 aromatic heterocycles. The molecule has 0 fully saturated rings. The van der Waals surface area contributed by atoms with E-state index in [0.29, 0.717) is 18.7 Å². The summed E-state index contributed by atoms with van der Waals surface area (Å²) in [6.45, 7) is 4.24. The van der Waals surface area contributed by atoms with Crippen LogP contribution in [-0.2, 0) is 6.42 Å². The largest absolute Gasteiger partial charge is 0.352 e. The van der Waals surface area contributed by atoms with Crippen LogP contribution in [0.1, 0.15) is 47.7 Å². The highest BCUT2D eigenvalue weighted by Gasteiger charge is 2.02.